The maximum absolute atomic E-state index is 11.7. The van der Waals surface area contributed by atoms with Crippen LogP contribution in [-0.2, 0) is 4.79 Å². The zero-order valence-electron chi connectivity index (χ0n) is 12.7. The van der Waals surface area contributed by atoms with Crippen molar-refractivity contribution in [1.82, 2.24) is 5.43 Å². The van der Waals surface area contributed by atoms with Gasteiger partial charge in [-0.25, -0.2) is 5.43 Å². The number of nitrogens with zero attached hydrogens (tertiary/aromatic N) is 1. The number of amides is 1. The second-order valence-electron chi connectivity index (χ2n) is 4.31. The summed E-state index contributed by atoms with van der Waals surface area (Å²) in [6.45, 7) is 5.72. The van der Waals surface area contributed by atoms with E-state index < -0.39 is 0 Å². The van der Waals surface area contributed by atoms with Gasteiger partial charge in [-0.2, -0.15) is 5.10 Å². The fourth-order valence-corrected chi connectivity index (χ4v) is 2.02. The summed E-state index contributed by atoms with van der Waals surface area (Å²) in [5.74, 6) is 0.393. The van der Waals surface area contributed by atoms with Crippen molar-refractivity contribution in [2.24, 2.45) is 5.10 Å². The van der Waals surface area contributed by atoms with Gasteiger partial charge in [0.25, 0.3) is 5.91 Å². The quantitative estimate of drug-likeness (QED) is 0.345. The molecule has 1 N–H and O–H groups in total. The molecule has 0 aliphatic carbocycles. The second-order valence-corrected chi connectivity index (χ2v) is 5.17. The Balaban J connectivity index is 2.56. The Hall–Kier alpha value is -2.14. The molecule has 4 nitrogen and oxygen atoms in total. The molecule has 0 radical (unpaired) electrons. The molecular weight excluding hydrogens is 344 g/mol. The Morgan fingerprint density at radius 2 is 2.23 bits per heavy atom. The lowest BCUT2D eigenvalue weighted by Gasteiger charge is -2.03. The molecule has 116 valence electrons. The number of carbonyl (C=O) groups excluding carboxylic acids is 1. The van der Waals surface area contributed by atoms with Crippen LogP contribution in [0.1, 0.15) is 18.9 Å². The second kappa shape index (κ2) is 9.73. The van der Waals surface area contributed by atoms with Crippen molar-refractivity contribution >= 4 is 28.1 Å². The number of hydrogen-bond acceptors (Lipinski definition) is 3. The van der Waals surface area contributed by atoms with Crippen LogP contribution in [0.25, 0.3) is 0 Å². The molecule has 1 amide bonds. The van der Waals surface area contributed by atoms with Crippen LogP contribution in [0, 0.1) is 0 Å². The first-order chi connectivity index (χ1) is 10.6. The summed E-state index contributed by atoms with van der Waals surface area (Å²) in [5, 5.41) is 3.90. The average molecular weight is 363 g/mol. The lowest BCUT2D eigenvalue weighted by Crippen LogP contribution is -2.18. The molecule has 1 aromatic carbocycles. The molecule has 1 aromatic rings. The number of nitrogens with one attached hydrogen (secondary N) is 1. The summed E-state index contributed by atoms with van der Waals surface area (Å²) in [7, 11) is 1.60. The lowest BCUT2D eigenvalue weighted by molar-refractivity contribution is -0.117. The van der Waals surface area contributed by atoms with Crippen LogP contribution >= 0.6 is 15.9 Å². The van der Waals surface area contributed by atoms with Crippen molar-refractivity contribution in [3.8, 4) is 5.75 Å². The molecule has 0 spiro atoms. The van der Waals surface area contributed by atoms with Crippen LogP contribution in [0.5, 0.6) is 5.75 Å². The number of carbonyl (C=O) groups is 1. The fraction of sp³-hybridized carbons (Fsp3) is 0.176. The van der Waals surface area contributed by atoms with Gasteiger partial charge in [0.15, 0.2) is 0 Å². The van der Waals surface area contributed by atoms with Crippen molar-refractivity contribution in [2.45, 2.75) is 13.3 Å². The van der Waals surface area contributed by atoms with Crippen LogP contribution in [-0.4, -0.2) is 19.2 Å². The Labute approximate surface area is 139 Å². The topological polar surface area (TPSA) is 50.7 Å². The number of hydrazone groups is 1. The number of methoxy groups -OCH3 is 1. The van der Waals surface area contributed by atoms with E-state index >= 15 is 0 Å². The van der Waals surface area contributed by atoms with Gasteiger partial charge in [0.2, 0.25) is 0 Å². The number of halogens is 1. The predicted molar refractivity (Wildman–Crippen MR) is 94.1 cm³/mol. The van der Waals surface area contributed by atoms with Crippen LogP contribution in [0.15, 0.2) is 64.2 Å². The van der Waals surface area contributed by atoms with Gasteiger partial charge in [-0.1, -0.05) is 37.8 Å². The largest absolute Gasteiger partial charge is 0.496 e. The van der Waals surface area contributed by atoms with Crippen molar-refractivity contribution in [2.75, 3.05) is 7.11 Å². The summed E-state index contributed by atoms with van der Waals surface area (Å²) in [6.07, 6.45) is 9.77. The smallest absolute Gasteiger partial charge is 0.270 e. The van der Waals surface area contributed by atoms with Gasteiger partial charge >= 0.3 is 0 Å². The first-order valence-electron chi connectivity index (χ1n) is 6.77. The van der Waals surface area contributed by atoms with E-state index in [0.717, 1.165) is 22.2 Å². The molecule has 0 heterocycles. The third-order valence-corrected chi connectivity index (χ3v) is 3.25. The molecule has 0 aromatic heterocycles. The highest BCUT2D eigenvalue weighted by Crippen LogP contribution is 2.24. The highest BCUT2D eigenvalue weighted by Gasteiger charge is 2.02. The van der Waals surface area contributed by atoms with E-state index in [2.05, 4.69) is 33.0 Å². The Kier molecular flexibility index (Phi) is 7.92. The summed E-state index contributed by atoms with van der Waals surface area (Å²) < 4.78 is 5.96. The minimum absolute atomic E-state index is 0.341. The van der Waals surface area contributed by atoms with Gasteiger partial charge in [0.05, 0.1) is 17.8 Å². The SMILES string of the molecule is C=C(/C=C\C=C/CC)C(=O)N/N=C/c1ccc(OC)c(Br)c1. The predicted octanol–water partition coefficient (Wildman–Crippen LogP) is 3.99. The van der Waals surface area contributed by atoms with Gasteiger partial charge in [-0.15, -0.1) is 0 Å². The molecule has 0 unspecified atom stereocenters. The monoisotopic (exact) mass is 362 g/mol. The van der Waals surface area contributed by atoms with Crippen LogP contribution in [0.4, 0.5) is 0 Å². The molecular formula is C17H19BrN2O2. The molecule has 0 saturated carbocycles. The van der Waals surface area contributed by atoms with Gasteiger partial charge in [-0.05, 0) is 46.1 Å². The lowest BCUT2D eigenvalue weighted by atomic mass is 10.2. The molecule has 22 heavy (non-hydrogen) atoms. The summed E-state index contributed by atoms with van der Waals surface area (Å²) >= 11 is 3.39. The minimum Gasteiger partial charge on any atom is -0.496 e. The first-order valence-corrected chi connectivity index (χ1v) is 7.56. The number of ether oxygens (including phenoxy) is 1. The van der Waals surface area contributed by atoms with Gasteiger partial charge < -0.3 is 4.74 Å². The third-order valence-electron chi connectivity index (χ3n) is 2.63. The van der Waals surface area contributed by atoms with Gasteiger partial charge in [0.1, 0.15) is 5.75 Å². The molecule has 0 atom stereocenters. The highest BCUT2D eigenvalue weighted by molar-refractivity contribution is 9.10. The van der Waals surface area contributed by atoms with Crippen molar-refractivity contribution < 1.29 is 9.53 Å². The Bertz CT molecular complexity index is 619. The summed E-state index contributed by atoms with van der Waals surface area (Å²) in [5.41, 5.74) is 3.60. The fourth-order valence-electron chi connectivity index (χ4n) is 1.46. The third kappa shape index (κ3) is 6.10. The Morgan fingerprint density at radius 1 is 1.45 bits per heavy atom. The number of hydrogen-bond donors (Lipinski definition) is 1. The normalized spacial score (nSPS) is 11.4. The number of rotatable bonds is 7. The van der Waals surface area contributed by atoms with E-state index in [1.54, 1.807) is 25.5 Å². The molecule has 1 rings (SSSR count). The van der Waals surface area contributed by atoms with E-state index in [0.29, 0.717) is 5.57 Å². The average Bonchev–Trinajstić information content (AvgIpc) is 2.51. The molecule has 0 fully saturated rings. The maximum Gasteiger partial charge on any atom is 0.270 e. The highest BCUT2D eigenvalue weighted by atomic mass is 79.9. The summed E-state index contributed by atoms with van der Waals surface area (Å²) in [4.78, 5) is 11.7. The van der Waals surface area contributed by atoms with Crippen LogP contribution in [0.2, 0.25) is 0 Å². The van der Waals surface area contributed by atoms with Gasteiger partial charge in [-0.3, -0.25) is 4.79 Å². The summed E-state index contributed by atoms with van der Waals surface area (Å²) in [6, 6.07) is 5.50. The molecule has 0 bridgehead atoms. The van der Waals surface area contributed by atoms with Crippen molar-refractivity contribution in [3.63, 3.8) is 0 Å². The number of allylic oxidation sites excluding steroid dienone is 3. The number of benzene rings is 1. The van der Waals surface area contributed by atoms with Crippen LogP contribution < -0.4 is 10.2 Å². The van der Waals surface area contributed by atoms with Crippen LogP contribution in [0.3, 0.4) is 0 Å². The molecule has 0 saturated heterocycles. The van der Waals surface area contributed by atoms with E-state index in [-0.39, 0.29) is 5.91 Å². The first kappa shape index (κ1) is 17.9. The minimum atomic E-state index is -0.343. The van der Waals surface area contributed by atoms with E-state index in [4.69, 9.17) is 4.74 Å². The zero-order valence-corrected chi connectivity index (χ0v) is 14.3. The maximum atomic E-state index is 11.7. The Morgan fingerprint density at radius 3 is 2.86 bits per heavy atom. The molecule has 0 aliphatic heterocycles. The van der Waals surface area contributed by atoms with E-state index in [1.165, 1.54) is 0 Å². The zero-order chi connectivity index (χ0) is 16.4. The van der Waals surface area contributed by atoms with Crippen molar-refractivity contribution in [1.29, 1.82) is 0 Å². The van der Waals surface area contributed by atoms with E-state index in [9.17, 15) is 4.79 Å². The standard InChI is InChI=1S/C17H19BrN2O2/c1-4-5-6-7-8-13(2)17(21)20-19-12-14-9-10-16(22-3)15(18)11-14/h5-12H,2,4H2,1,3H3,(H,20,21)/b6-5-,8-7-,19-12+. The molecule has 0 aliphatic rings. The van der Waals surface area contributed by atoms with Gasteiger partial charge in [0, 0.05) is 5.57 Å². The molecule has 5 heteroatoms. The van der Waals surface area contributed by atoms with E-state index in [1.807, 2.05) is 37.3 Å². The van der Waals surface area contributed by atoms with Crippen molar-refractivity contribution in [3.05, 3.63) is 64.7 Å².